The van der Waals surface area contributed by atoms with Gasteiger partial charge in [-0.1, -0.05) is 75.4 Å². The Morgan fingerprint density at radius 2 is 1.78 bits per heavy atom. The van der Waals surface area contributed by atoms with E-state index in [0.717, 1.165) is 12.2 Å². The maximum atomic E-state index is 4.46. The quantitative estimate of drug-likeness (QED) is 0.393. The van der Waals surface area contributed by atoms with Gasteiger partial charge in [-0.25, -0.2) is 0 Å². The number of aryl methyl sites for hydroxylation is 1. The summed E-state index contributed by atoms with van der Waals surface area (Å²) in [7, 11) is 2.11. The van der Waals surface area contributed by atoms with Crippen LogP contribution in [-0.2, 0) is 0 Å². The molecule has 0 aromatic heterocycles. The minimum atomic E-state index is 0.195. The number of allylic oxidation sites excluding steroid dienone is 2. The number of anilines is 3. The van der Waals surface area contributed by atoms with Crippen molar-refractivity contribution >= 4 is 40.0 Å². The highest BCUT2D eigenvalue weighted by Crippen LogP contribution is 2.53. The Morgan fingerprint density at radius 3 is 2.53 bits per heavy atom. The summed E-state index contributed by atoms with van der Waals surface area (Å²) in [6, 6.07) is 15.6. The average molecular weight is 419 g/mol. The van der Waals surface area contributed by atoms with Gasteiger partial charge in [-0.15, -0.1) is 0 Å². The van der Waals surface area contributed by atoms with E-state index in [0.29, 0.717) is 5.92 Å². The van der Waals surface area contributed by atoms with Crippen molar-refractivity contribution in [3.8, 4) is 0 Å². The molecule has 2 heteroatoms. The highest BCUT2D eigenvalue weighted by molar-refractivity contribution is 6.06. The van der Waals surface area contributed by atoms with E-state index in [4.69, 9.17) is 0 Å². The van der Waals surface area contributed by atoms with Gasteiger partial charge in [-0.2, -0.15) is 0 Å². The molecule has 3 aliphatic rings. The first kappa shape index (κ1) is 19.4. The van der Waals surface area contributed by atoms with Crippen LogP contribution >= 0.6 is 0 Å². The molecule has 3 aromatic rings. The molecule has 0 N–H and O–H groups in total. The first-order chi connectivity index (χ1) is 15.3. The number of hydrogen-bond donors (Lipinski definition) is 0. The maximum absolute atomic E-state index is 4.46. The number of para-hydroxylation sites is 2. The average Bonchev–Trinajstić information content (AvgIpc) is 3.01. The summed E-state index contributed by atoms with van der Waals surface area (Å²) in [5.74, 6) is 1.45. The molecular weight excluding hydrogens is 388 g/mol. The summed E-state index contributed by atoms with van der Waals surface area (Å²) >= 11 is 0. The second-order valence-corrected chi connectivity index (χ2v) is 10.5. The van der Waals surface area contributed by atoms with Crippen LogP contribution in [0.2, 0.25) is 0 Å². The monoisotopic (exact) mass is 418 g/mol. The SMILES string of the molecule is C=C1N(C)c2ccccc2N1c1c(C)cc2ccc3c4c2c1C=CC4CC(C(C)(C)C)=C3. The fourth-order valence-corrected chi connectivity index (χ4v) is 5.79. The number of benzene rings is 3. The molecule has 0 radical (unpaired) electrons. The largest absolute Gasteiger partial charge is 0.329 e. The Morgan fingerprint density at radius 1 is 1.03 bits per heavy atom. The summed E-state index contributed by atoms with van der Waals surface area (Å²) < 4.78 is 0. The van der Waals surface area contributed by atoms with Crippen LogP contribution in [0.3, 0.4) is 0 Å². The first-order valence-corrected chi connectivity index (χ1v) is 11.6. The second-order valence-electron chi connectivity index (χ2n) is 10.5. The van der Waals surface area contributed by atoms with Gasteiger partial charge in [0.05, 0.1) is 17.1 Å². The lowest BCUT2D eigenvalue weighted by atomic mass is 9.70. The van der Waals surface area contributed by atoms with Crippen LogP contribution in [0.1, 0.15) is 55.4 Å². The fourth-order valence-electron chi connectivity index (χ4n) is 5.79. The van der Waals surface area contributed by atoms with Crippen molar-refractivity contribution < 1.29 is 0 Å². The van der Waals surface area contributed by atoms with Gasteiger partial charge in [0.25, 0.3) is 0 Å². The van der Waals surface area contributed by atoms with Crippen LogP contribution in [-0.4, -0.2) is 7.05 Å². The van der Waals surface area contributed by atoms with Crippen molar-refractivity contribution in [2.75, 3.05) is 16.8 Å². The Labute approximate surface area is 191 Å². The fraction of sp³-hybridized carbons (Fsp3) is 0.267. The van der Waals surface area contributed by atoms with Gasteiger partial charge in [-0.3, -0.25) is 4.90 Å². The Hall–Kier alpha value is -3.26. The lowest BCUT2D eigenvalue weighted by Gasteiger charge is -2.35. The molecule has 2 nitrogen and oxygen atoms in total. The summed E-state index contributed by atoms with van der Waals surface area (Å²) in [6.45, 7) is 13.7. The van der Waals surface area contributed by atoms with Crippen LogP contribution in [0.4, 0.5) is 17.1 Å². The number of fused-ring (bicyclic) bond motifs is 1. The molecule has 2 aliphatic carbocycles. The third-order valence-corrected chi connectivity index (χ3v) is 7.53. The molecule has 1 heterocycles. The Balaban J connectivity index is 1.65. The molecule has 0 saturated heterocycles. The molecule has 3 aromatic carbocycles. The summed E-state index contributed by atoms with van der Waals surface area (Å²) in [5, 5.41) is 2.76. The molecule has 1 aliphatic heterocycles. The van der Waals surface area contributed by atoms with Crippen molar-refractivity contribution in [1.29, 1.82) is 0 Å². The van der Waals surface area contributed by atoms with E-state index in [1.54, 1.807) is 5.57 Å². The highest BCUT2D eigenvalue weighted by atomic mass is 15.4. The normalized spacial score (nSPS) is 19.0. The summed E-state index contributed by atoms with van der Waals surface area (Å²) in [6.07, 6.45) is 8.38. The predicted octanol–water partition coefficient (Wildman–Crippen LogP) is 8.15. The van der Waals surface area contributed by atoms with Crippen LogP contribution < -0.4 is 9.80 Å². The van der Waals surface area contributed by atoms with E-state index in [1.807, 2.05) is 0 Å². The molecule has 0 amide bonds. The summed E-state index contributed by atoms with van der Waals surface area (Å²) in [4.78, 5) is 4.54. The summed E-state index contributed by atoms with van der Waals surface area (Å²) in [5.41, 5.74) is 10.9. The molecule has 6 rings (SSSR count). The van der Waals surface area contributed by atoms with Gasteiger partial charge in [-0.05, 0) is 64.4 Å². The Bertz CT molecular complexity index is 1380. The van der Waals surface area contributed by atoms with E-state index in [1.165, 1.54) is 50.1 Å². The number of rotatable bonds is 1. The van der Waals surface area contributed by atoms with Gasteiger partial charge >= 0.3 is 0 Å². The standard InChI is InChI=1S/C30H30N2/c1-18-15-20-11-12-21-16-23(30(3,4)5)17-22-13-14-24(28(20)27(21)22)29(18)32-19(2)31(6)25-9-7-8-10-26(25)32/h7-16,22H,2,17H2,1,3-6H3. The van der Waals surface area contributed by atoms with Crippen molar-refractivity contribution in [2.24, 2.45) is 5.41 Å². The number of hydrogen-bond acceptors (Lipinski definition) is 2. The molecular formula is C30H30N2. The van der Waals surface area contributed by atoms with Crippen molar-refractivity contribution in [1.82, 2.24) is 0 Å². The van der Waals surface area contributed by atoms with Gasteiger partial charge in [0, 0.05) is 18.5 Å². The van der Waals surface area contributed by atoms with E-state index in [-0.39, 0.29) is 5.41 Å². The van der Waals surface area contributed by atoms with Gasteiger partial charge in [0.1, 0.15) is 5.82 Å². The van der Waals surface area contributed by atoms with Crippen LogP contribution in [0.5, 0.6) is 0 Å². The van der Waals surface area contributed by atoms with Crippen molar-refractivity contribution in [3.63, 3.8) is 0 Å². The van der Waals surface area contributed by atoms with Crippen molar-refractivity contribution in [3.05, 3.63) is 88.8 Å². The van der Waals surface area contributed by atoms with Crippen LogP contribution in [0, 0.1) is 12.3 Å². The van der Waals surface area contributed by atoms with Gasteiger partial charge < -0.3 is 4.90 Å². The molecule has 0 fully saturated rings. The van der Waals surface area contributed by atoms with Gasteiger partial charge in [0.2, 0.25) is 0 Å². The minimum absolute atomic E-state index is 0.195. The zero-order valence-electron chi connectivity index (χ0n) is 19.7. The van der Waals surface area contributed by atoms with Crippen LogP contribution in [0.25, 0.3) is 22.9 Å². The molecule has 1 unspecified atom stereocenters. The lowest BCUT2D eigenvalue weighted by Crippen LogP contribution is -2.22. The number of nitrogens with zero attached hydrogens (tertiary/aromatic N) is 2. The third-order valence-electron chi connectivity index (χ3n) is 7.53. The van der Waals surface area contributed by atoms with Crippen LogP contribution in [0.15, 0.2) is 66.5 Å². The van der Waals surface area contributed by atoms with Gasteiger partial charge in [0.15, 0.2) is 0 Å². The van der Waals surface area contributed by atoms with E-state index in [9.17, 15) is 0 Å². The molecule has 32 heavy (non-hydrogen) atoms. The second kappa shape index (κ2) is 6.38. The van der Waals surface area contributed by atoms with E-state index >= 15 is 0 Å². The Kier molecular flexibility index (Phi) is 3.88. The first-order valence-electron chi connectivity index (χ1n) is 11.6. The molecule has 0 saturated carbocycles. The smallest absolute Gasteiger partial charge is 0.110 e. The van der Waals surface area contributed by atoms with E-state index in [2.05, 4.69) is 112 Å². The topological polar surface area (TPSA) is 6.48 Å². The molecule has 0 spiro atoms. The molecule has 160 valence electrons. The maximum Gasteiger partial charge on any atom is 0.110 e. The zero-order valence-corrected chi connectivity index (χ0v) is 19.7. The highest BCUT2D eigenvalue weighted by Gasteiger charge is 2.34. The zero-order chi connectivity index (χ0) is 22.4. The predicted molar refractivity (Wildman–Crippen MR) is 139 cm³/mol. The van der Waals surface area contributed by atoms with Crippen molar-refractivity contribution in [2.45, 2.75) is 40.0 Å². The minimum Gasteiger partial charge on any atom is -0.329 e. The lowest BCUT2D eigenvalue weighted by molar-refractivity contribution is 0.477. The van der Waals surface area contributed by atoms with E-state index < -0.39 is 0 Å². The molecule has 1 atom stereocenters. The molecule has 0 bridgehead atoms. The third kappa shape index (κ3) is 2.53.